The lowest BCUT2D eigenvalue weighted by Crippen LogP contribution is -2.31. The summed E-state index contributed by atoms with van der Waals surface area (Å²) in [4.78, 5) is 0. The standard InChI is InChI=1S/C14H22FP/c1-13(2,3)16(14(4,5)6)12-9-7-8-11(15)10-12/h7-10H,1-6H3. The molecule has 0 saturated carbocycles. The Labute approximate surface area is 100 Å². The number of rotatable bonds is 1. The molecule has 0 atom stereocenters. The predicted octanol–water partition coefficient (Wildman–Crippen LogP) is 4.53. The maximum Gasteiger partial charge on any atom is 0.123 e. The average molecular weight is 240 g/mol. The molecule has 1 rings (SSSR count). The Balaban J connectivity index is 3.23. The van der Waals surface area contributed by atoms with E-state index in [4.69, 9.17) is 0 Å². The van der Waals surface area contributed by atoms with Crippen molar-refractivity contribution in [2.75, 3.05) is 0 Å². The van der Waals surface area contributed by atoms with Gasteiger partial charge in [-0.05, 0) is 27.7 Å². The monoisotopic (exact) mass is 240 g/mol. The van der Waals surface area contributed by atoms with Crippen LogP contribution in [0.4, 0.5) is 4.39 Å². The van der Waals surface area contributed by atoms with E-state index in [0.29, 0.717) is 0 Å². The Morgan fingerprint density at radius 2 is 1.44 bits per heavy atom. The van der Waals surface area contributed by atoms with Crippen LogP contribution in [0.1, 0.15) is 41.5 Å². The maximum atomic E-state index is 13.3. The highest BCUT2D eigenvalue weighted by atomic mass is 31.1. The summed E-state index contributed by atoms with van der Waals surface area (Å²) in [5.41, 5.74) is 0. The third-order valence-electron chi connectivity index (χ3n) is 2.41. The molecule has 2 heteroatoms. The van der Waals surface area contributed by atoms with Gasteiger partial charge in [0.25, 0.3) is 0 Å². The maximum absolute atomic E-state index is 13.3. The molecule has 0 bridgehead atoms. The van der Waals surface area contributed by atoms with Gasteiger partial charge in [0.05, 0.1) is 0 Å². The van der Waals surface area contributed by atoms with Crippen LogP contribution in [0, 0.1) is 5.82 Å². The number of halogens is 1. The Bertz CT molecular complexity index is 344. The highest BCUT2D eigenvalue weighted by Crippen LogP contribution is 2.58. The van der Waals surface area contributed by atoms with E-state index in [1.54, 1.807) is 6.07 Å². The van der Waals surface area contributed by atoms with Crippen LogP contribution in [0.25, 0.3) is 0 Å². The van der Waals surface area contributed by atoms with Gasteiger partial charge in [0.2, 0.25) is 0 Å². The van der Waals surface area contributed by atoms with Crippen molar-refractivity contribution in [1.82, 2.24) is 0 Å². The number of hydrogen-bond donors (Lipinski definition) is 0. The SMILES string of the molecule is CC(C)(C)P(c1cccc(F)c1)C(C)(C)C. The van der Waals surface area contributed by atoms with Gasteiger partial charge in [-0.25, -0.2) is 4.39 Å². The summed E-state index contributed by atoms with van der Waals surface area (Å²) in [6, 6.07) is 7.09. The van der Waals surface area contributed by atoms with Crippen molar-refractivity contribution in [1.29, 1.82) is 0 Å². The first-order valence-corrected chi connectivity index (χ1v) is 7.02. The van der Waals surface area contributed by atoms with Gasteiger partial charge in [0, 0.05) is 0 Å². The van der Waals surface area contributed by atoms with Crippen LogP contribution in [0.3, 0.4) is 0 Å². The van der Waals surface area contributed by atoms with Gasteiger partial charge in [0.15, 0.2) is 0 Å². The largest absolute Gasteiger partial charge is 0.207 e. The molecule has 0 radical (unpaired) electrons. The van der Waals surface area contributed by atoms with Gasteiger partial charge in [-0.2, -0.15) is 0 Å². The lowest BCUT2D eigenvalue weighted by atomic mass is 10.2. The lowest BCUT2D eigenvalue weighted by Gasteiger charge is -2.41. The smallest absolute Gasteiger partial charge is 0.123 e. The highest BCUT2D eigenvalue weighted by molar-refractivity contribution is 7.68. The van der Waals surface area contributed by atoms with Crippen LogP contribution in [0.5, 0.6) is 0 Å². The predicted molar refractivity (Wildman–Crippen MR) is 72.5 cm³/mol. The van der Waals surface area contributed by atoms with Crippen molar-refractivity contribution in [3.05, 3.63) is 30.1 Å². The summed E-state index contributed by atoms with van der Waals surface area (Å²) >= 11 is 0. The summed E-state index contributed by atoms with van der Waals surface area (Å²) in [5.74, 6) is -0.126. The first-order valence-electron chi connectivity index (χ1n) is 5.68. The van der Waals surface area contributed by atoms with E-state index >= 15 is 0 Å². The molecule has 0 heterocycles. The van der Waals surface area contributed by atoms with Crippen molar-refractivity contribution in [3.8, 4) is 0 Å². The molecule has 1 aromatic rings. The van der Waals surface area contributed by atoms with Crippen molar-refractivity contribution in [2.45, 2.75) is 51.9 Å². The lowest BCUT2D eigenvalue weighted by molar-refractivity contribution is 0.628. The zero-order valence-corrected chi connectivity index (χ0v) is 12.0. The minimum absolute atomic E-state index is 0.126. The van der Waals surface area contributed by atoms with Crippen molar-refractivity contribution in [3.63, 3.8) is 0 Å². The van der Waals surface area contributed by atoms with Crippen molar-refractivity contribution in [2.24, 2.45) is 0 Å². The molecule has 0 spiro atoms. The quantitative estimate of drug-likeness (QED) is 0.633. The minimum atomic E-state index is -0.394. The fourth-order valence-corrected chi connectivity index (χ4v) is 6.45. The first kappa shape index (κ1) is 13.6. The van der Waals surface area contributed by atoms with Crippen LogP contribution in [0.2, 0.25) is 0 Å². The Morgan fingerprint density at radius 3 is 1.81 bits per heavy atom. The molecule has 0 unspecified atom stereocenters. The van der Waals surface area contributed by atoms with Crippen molar-refractivity contribution < 1.29 is 4.39 Å². The second-order valence-electron chi connectivity index (χ2n) is 6.16. The molecule has 0 saturated heterocycles. The Morgan fingerprint density at radius 1 is 0.938 bits per heavy atom. The molecule has 0 aliphatic rings. The van der Waals surface area contributed by atoms with Crippen LogP contribution in [-0.4, -0.2) is 10.3 Å². The second-order valence-corrected chi connectivity index (χ2v) is 10.0. The molecule has 1 aromatic carbocycles. The van der Waals surface area contributed by atoms with Gasteiger partial charge in [0.1, 0.15) is 5.82 Å². The average Bonchev–Trinajstić information content (AvgIpc) is 1.97. The molecule has 0 aromatic heterocycles. The summed E-state index contributed by atoms with van der Waals surface area (Å²) in [6.07, 6.45) is 0. The first-order chi connectivity index (χ1) is 7.12. The zero-order chi connectivity index (χ0) is 12.6. The van der Waals surface area contributed by atoms with Crippen LogP contribution in [0.15, 0.2) is 24.3 Å². The normalized spacial score (nSPS) is 13.2. The molecular weight excluding hydrogens is 218 g/mol. The van der Waals surface area contributed by atoms with Gasteiger partial charge in [-0.1, -0.05) is 61.6 Å². The Hall–Kier alpha value is -0.420. The summed E-state index contributed by atoms with van der Waals surface area (Å²) < 4.78 is 13.3. The number of hydrogen-bond acceptors (Lipinski definition) is 0. The van der Waals surface area contributed by atoms with E-state index in [0.717, 1.165) is 5.30 Å². The van der Waals surface area contributed by atoms with Crippen LogP contribution in [-0.2, 0) is 0 Å². The molecule has 0 aliphatic carbocycles. The van der Waals surface area contributed by atoms with Crippen LogP contribution >= 0.6 is 7.92 Å². The third-order valence-corrected chi connectivity index (χ3v) is 5.89. The third kappa shape index (κ3) is 3.28. The van der Waals surface area contributed by atoms with E-state index in [-0.39, 0.29) is 16.1 Å². The topological polar surface area (TPSA) is 0 Å². The van der Waals surface area contributed by atoms with Gasteiger partial charge >= 0.3 is 0 Å². The molecule has 0 amide bonds. The molecule has 0 aliphatic heterocycles. The van der Waals surface area contributed by atoms with E-state index in [2.05, 4.69) is 47.6 Å². The van der Waals surface area contributed by atoms with E-state index in [9.17, 15) is 4.39 Å². The van der Waals surface area contributed by atoms with E-state index < -0.39 is 7.92 Å². The molecular formula is C14H22FP. The fraction of sp³-hybridized carbons (Fsp3) is 0.571. The van der Waals surface area contributed by atoms with Gasteiger partial charge < -0.3 is 0 Å². The molecule has 0 nitrogen and oxygen atoms in total. The summed E-state index contributed by atoms with van der Waals surface area (Å²) in [6.45, 7) is 13.5. The number of benzene rings is 1. The fourth-order valence-electron chi connectivity index (χ4n) is 2.40. The second kappa shape index (κ2) is 4.45. The molecule has 90 valence electrons. The van der Waals surface area contributed by atoms with Crippen molar-refractivity contribution >= 4 is 13.2 Å². The van der Waals surface area contributed by atoms with E-state index in [1.165, 1.54) is 6.07 Å². The van der Waals surface area contributed by atoms with Crippen LogP contribution < -0.4 is 5.30 Å². The van der Waals surface area contributed by atoms with Gasteiger partial charge in [-0.15, -0.1) is 0 Å². The molecule has 16 heavy (non-hydrogen) atoms. The zero-order valence-electron chi connectivity index (χ0n) is 11.1. The molecule has 0 N–H and O–H groups in total. The van der Waals surface area contributed by atoms with E-state index in [1.807, 2.05) is 6.07 Å². The highest BCUT2D eigenvalue weighted by Gasteiger charge is 2.35. The minimum Gasteiger partial charge on any atom is -0.207 e. The summed E-state index contributed by atoms with van der Waals surface area (Å²) in [7, 11) is -0.394. The summed E-state index contributed by atoms with van der Waals surface area (Å²) in [5, 5.41) is 1.55. The Kier molecular flexibility index (Phi) is 3.80. The van der Waals surface area contributed by atoms with Gasteiger partial charge in [-0.3, -0.25) is 0 Å². The molecule has 0 fully saturated rings.